The van der Waals surface area contributed by atoms with Gasteiger partial charge in [0.2, 0.25) is 0 Å². The van der Waals surface area contributed by atoms with E-state index in [0.29, 0.717) is 11.7 Å². The predicted molar refractivity (Wildman–Crippen MR) is 108 cm³/mol. The van der Waals surface area contributed by atoms with Crippen LogP contribution in [0.15, 0.2) is 36.4 Å². The van der Waals surface area contributed by atoms with E-state index in [1.165, 1.54) is 0 Å². The van der Waals surface area contributed by atoms with Crippen LogP contribution < -0.4 is 5.32 Å². The molecule has 0 bridgehead atoms. The Balaban J connectivity index is 1.50. The lowest BCUT2D eigenvalue weighted by molar-refractivity contribution is -0.137. The quantitative estimate of drug-likeness (QED) is 0.769. The zero-order valence-corrected chi connectivity index (χ0v) is 16.7. The maximum atomic E-state index is 12.7. The molecule has 2 aromatic rings. The van der Waals surface area contributed by atoms with Gasteiger partial charge in [-0.3, -0.25) is 4.90 Å². The summed E-state index contributed by atoms with van der Waals surface area (Å²) in [4.78, 5) is 8.76. The Morgan fingerprint density at radius 1 is 1.07 bits per heavy atom. The van der Waals surface area contributed by atoms with Gasteiger partial charge in [0.25, 0.3) is 0 Å². The number of pyridine rings is 1. The molecule has 3 rings (SSSR count). The topological polar surface area (TPSA) is 31.4 Å². The molecule has 0 atom stereocenters. The summed E-state index contributed by atoms with van der Waals surface area (Å²) in [5, 5.41) is 3.84. The normalized spacial score (nSPS) is 15.5. The van der Waals surface area contributed by atoms with Crippen molar-refractivity contribution in [3.8, 4) is 0 Å². The Bertz CT molecular complexity index is 808. The fourth-order valence-electron chi connectivity index (χ4n) is 3.26. The van der Waals surface area contributed by atoms with Crippen LogP contribution in [0.4, 0.5) is 19.0 Å². The minimum Gasteiger partial charge on any atom is -0.346 e. The minimum absolute atomic E-state index is 0.613. The van der Waals surface area contributed by atoms with Gasteiger partial charge in [0.1, 0.15) is 5.82 Å². The number of benzene rings is 1. The van der Waals surface area contributed by atoms with E-state index in [2.05, 4.69) is 20.1 Å². The SMILES string of the molecule is Cc1cc(C)nc(NC(=S)N2CCN(Cc3ccc(C(F)(F)F)cc3)CC2)c1. The molecule has 8 heteroatoms. The number of alkyl halides is 3. The van der Waals surface area contributed by atoms with E-state index in [-0.39, 0.29) is 0 Å². The lowest BCUT2D eigenvalue weighted by atomic mass is 10.1. The molecule has 4 nitrogen and oxygen atoms in total. The smallest absolute Gasteiger partial charge is 0.346 e. The number of aromatic nitrogens is 1. The molecule has 0 amide bonds. The number of anilines is 1. The molecule has 0 aliphatic carbocycles. The molecule has 0 spiro atoms. The van der Waals surface area contributed by atoms with E-state index in [9.17, 15) is 13.2 Å². The summed E-state index contributed by atoms with van der Waals surface area (Å²) in [5.41, 5.74) is 2.32. The van der Waals surface area contributed by atoms with Crippen molar-refractivity contribution in [1.29, 1.82) is 0 Å². The van der Waals surface area contributed by atoms with E-state index in [4.69, 9.17) is 12.2 Å². The van der Waals surface area contributed by atoms with E-state index in [1.54, 1.807) is 12.1 Å². The number of aryl methyl sites for hydroxylation is 2. The summed E-state index contributed by atoms with van der Waals surface area (Å²) in [5.74, 6) is 0.745. The van der Waals surface area contributed by atoms with Crippen LogP contribution in [-0.2, 0) is 12.7 Å². The highest BCUT2D eigenvalue weighted by Gasteiger charge is 2.30. The average Bonchev–Trinajstić information content (AvgIpc) is 2.61. The van der Waals surface area contributed by atoms with Crippen molar-refractivity contribution < 1.29 is 13.2 Å². The molecule has 1 aromatic heterocycles. The summed E-state index contributed by atoms with van der Waals surface area (Å²) in [6.07, 6.45) is -4.29. The van der Waals surface area contributed by atoms with Crippen molar-refractivity contribution in [2.75, 3.05) is 31.5 Å². The highest BCUT2D eigenvalue weighted by Crippen LogP contribution is 2.29. The van der Waals surface area contributed by atoms with Crippen LogP contribution >= 0.6 is 12.2 Å². The number of hydrogen-bond donors (Lipinski definition) is 1. The van der Waals surface area contributed by atoms with Crippen molar-refractivity contribution in [2.24, 2.45) is 0 Å². The summed E-state index contributed by atoms with van der Waals surface area (Å²) < 4.78 is 38.0. The van der Waals surface area contributed by atoms with Crippen molar-refractivity contribution in [1.82, 2.24) is 14.8 Å². The van der Waals surface area contributed by atoms with E-state index < -0.39 is 11.7 Å². The van der Waals surface area contributed by atoms with Gasteiger partial charge in [0.05, 0.1) is 5.56 Å². The van der Waals surface area contributed by atoms with Crippen LogP contribution in [0.2, 0.25) is 0 Å². The number of halogens is 3. The van der Waals surface area contributed by atoms with Crippen molar-refractivity contribution in [2.45, 2.75) is 26.6 Å². The molecule has 1 N–H and O–H groups in total. The van der Waals surface area contributed by atoms with Gasteiger partial charge in [-0.25, -0.2) is 4.98 Å². The van der Waals surface area contributed by atoms with Crippen LogP contribution in [0, 0.1) is 13.8 Å². The van der Waals surface area contributed by atoms with E-state index in [0.717, 1.165) is 61.0 Å². The first-order valence-corrected chi connectivity index (χ1v) is 9.51. The van der Waals surface area contributed by atoms with Crippen LogP contribution in [0.3, 0.4) is 0 Å². The number of piperazine rings is 1. The predicted octanol–water partition coefficient (Wildman–Crippen LogP) is 4.23. The Morgan fingerprint density at radius 3 is 2.29 bits per heavy atom. The molecule has 1 saturated heterocycles. The van der Waals surface area contributed by atoms with E-state index >= 15 is 0 Å². The van der Waals surface area contributed by atoms with Gasteiger partial charge in [-0.1, -0.05) is 12.1 Å². The van der Waals surface area contributed by atoms with Gasteiger partial charge in [-0.2, -0.15) is 13.2 Å². The summed E-state index contributed by atoms with van der Waals surface area (Å²) >= 11 is 5.51. The third kappa shape index (κ3) is 5.42. The van der Waals surface area contributed by atoms with Crippen LogP contribution in [0.5, 0.6) is 0 Å². The molecular weight excluding hydrogens is 385 g/mol. The molecule has 28 heavy (non-hydrogen) atoms. The number of hydrogen-bond acceptors (Lipinski definition) is 3. The second-order valence-electron chi connectivity index (χ2n) is 7.06. The highest BCUT2D eigenvalue weighted by molar-refractivity contribution is 7.80. The van der Waals surface area contributed by atoms with Crippen molar-refractivity contribution in [3.05, 3.63) is 58.8 Å². The van der Waals surface area contributed by atoms with Crippen LogP contribution in [-0.4, -0.2) is 46.1 Å². The Hall–Kier alpha value is -2.19. The summed E-state index contributed by atoms with van der Waals surface area (Å²) in [6.45, 7) is 7.70. The fraction of sp³-hybridized carbons (Fsp3) is 0.400. The van der Waals surface area contributed by atoms with Crippen LogP contribution in [0.25, 0.3) is 0 Å². The first kappa shape index (κ1) is 20.5. The van der Waals surface area contributed by atoms with Gasteiger partial charge in [-0.15, -0.1) is 0 Å². The van der Waals surface area contributed by atoms with Crippen LogP contribution in [0.1, 0.15) is 22.4 Å². The van der Waals surface area contributed by atoms with Crippen molar-refractivity contribution in [3.63, 3.8) is 0 Å². The maximum absolute atomic E-state index is 12.7. The first-order valence-electron chi connectivity index (χ1n) is 9.10. The standard InChI is InChI=1S/C20H23F3N4S/c1-14-11-15(2)24-18(12-14)25-19(28)27-9-7-26(8-10-27)13-16-3-5-17(6-4-16)20(21,22)23/h3-6,11-12H,7-10,13H2,1-2H3,(H,24,25,28). The second-order valence-corrected chi connectivity index (χ2v) is 7.45. The van der Waals surface area contributed by atoms with Gasteiger partial charge in [0.15, 0.2) is 5.11 Å². The number of nitrogens with one attached hydrogen (secondary N) is 1. The lowest BCUT2D eigenvalue weighted by Crippen LogP contribution is -2.49. The van der Waals surface area contributed by atoms with Crippen molar-refractivity contribution >= 4 is 23.1 Å². The third-order valence-corrected chi connectivity index (χ3v) is 5.04. The Labute approximate surface area is 168 Å². The van der Waals surface area contributed by atoms with E-state index in [1.807, 2.05) is 26.0 Å². The largest absolute Gasteiger partial charge is 0.416 e. The summed E-state index contributed by atoms with van der Waals surface area (Å²) in [6, 6.07) is 9.34. The molecule has 2 heterocycles. The molecule has 1 aromatic carbocycles. The number of thiocarbonyl (C=S) groups is 1. The molecule has 150 valence electrons. The lowest BCUT2D eigenvalue weighted by Gasteiger charge is -2.36. The van der Waals surface area contributed by atoms with Gasteiger partial charge >= 0.3 is 6.18 Å². The molecule has 1 fully saturated rings. The zero-order chi connectivity index (χ0) is 20.3. The van der Waals surface area contributed by atoms with Gasteiger partial charge < -0.3 is 10.2 Å². The monoisotopic (exact) mass is 408 g/mol. The molecular formula is C20H23F3N4S. The molecule has 1 aliphatic heterocycles. The zero-order valence-electron chi connectivity index (χ0n) is 15.9. The highest BCUT2D eigenvalue weighted by atomic mass is 32.1. The molecule has 0 saturated carbocycles. The number of nitrogens with zero attached hydrogens (tertiary/aromatic N) is 3. The number of rotatable bonds is 3. The first-order chi connectivity index (χ1) is 13.2. The Kier molecular flexibility index (Phi) is 6.20. The Morgan fingerprint density at radius 2 is 1.71 bits per heavy atom. The van der Waals surface area contributed by atoms with Gasteiger partial charge in [-0.05, 0) is 61.5 Å². The molecule has 0 unspecified atom stereocenters. The second kappa shape index (κ2) is 8.45. The molecule has 1 aliphatic rings. The average molecular weight is 408 g/mol. The fourth-order valence-corrected chi connectivity index (χ4v) is 3.55. The van der Waals surface area contributed by atoms with Gasteiger partial charge in [0, 0.05) is 38.4 Å². The summed E-state index contributed by atoms with van der Waals surface area (Å²) in [7, 11) is 0. The molecule has 0 radical (unpaired) electrons. The third-order valence-electron chi connectivity index (χ3n) is 4.68. The maximum Gasteiger partial charge on any atom is 0.416 e. The minimum atomic E-state index is -4.29.